The lowest BCUT2D eigenvalue weighted by Crippen LogP contribution is -2.01. The zero-order valence-corrected chi connectivity index (χ0v) is 10.8. The van der Waals surface area contributed by atoms with Crippen molar-refractivity contribution in [2.45, 2.75) is 45.3 Å². The van der Waals surface area contributed by atoms with E-state index in [9.17, 15) is 9.50 Å². The van der Waals surface area contributed by atoms with Crippen LogP contribution in [0.1, 0.15) is 38.2 Å². The van der Waals surface area contributed by atoms with E-state index in [1.165, 1.54) is 18.4 Å². The Bertz CT molecular complexity index is 346. The summed E-state index contributed by atoms with van der Waals surface area (Å²) in [5.74, 6) is -0.249. The Morgan fingerprint density at radius 1 is 1.28 bits per heavy atom. The van der Waals surface area contributed by atoms with Crippen molar-refractivity contribution in [3.63, 3.8) is 0 Å². The molecule has 1 unspecified atom stereocenters. The van der Waals surface area contributed by atoms with Crippen LogP contribution in [0, 0.1) is 5.82 Å². The van der Waals surface area contributed by atoms with E-state index >= 15 is 0 Å². The van der Waals surface area contributed by atoms with Crippen molar-refractivity contribution < 1.29 is 14.2 Å². The molecule has 100 valence electrons. The molecule has 3 heteroatoms. The van der Waals surface area contributed by atoms with Crippen molar-refractivity contribution in [3.05, 3.63) is 48.0 Å². The van der Waals surface area contributed by atoms with E-state index in [-0.39, 0.29) is 5.82 Å². The van der Waals surface area contributed by atoms with Crippen LogP contribution < -0.4 is 0 Å². The van der Waals surface area contributed by atoms with Crippen LogP contribution in [0.15, 0.2) is 36.6 Å². The van der Waals surface area contributed by atoms with E-state index in [0.29, 0.717) is 6.61 Å². The molecule has 0 aromatic heterocycles. The van der Waals surface area contributed by atoms with E-state index < -0.39 is 6.10 Å². The van der Waals surface area contributed by atoms with Crippen LogP contribution in [0.4, 0.5) is 4.39 Å². The molecule has 0 heterocycles. The van der Waals surface area contributed by atoms with Gasteiger partial charge in [-0.3, -0.25) is 0 Å². The minimum Gasteiger partial charge on any atom is -0.497 e. The summed E-state index contributed by atoms with van der Waals surface area (Å²) in [6.07, 6.45) is 6.81. The molecule has 18 heavy (non-hydrogen) atoms. The first-order valence-electron chi connectivity index (χ1n) is 6.43. The molecule has 1 rings (SSSR count). The highest BCUT2D eigenvalue weighted by molar-refractivity contribution is 5.15. The summed E-state index contributed by atoms with van der Waals surface area (Å²) in [6, 6.07) is 6.17. The maximum Gasteiger partial charge on any atom is 0.123 e. The highest BCUT2D eigenvalue weighted by Crippen LogP contribution is 2.06. The zero-order valence-electron chi connectivity index (χ0n) is 10.8. The molecular weight excluding hydrogens is 231 g/mol. The van der Waals surface area contributed by atoms with Crippen molar-refractivity contribution in [2.24, 2.45) is 0 Å². The van der Waals surface area contributed by atoms with Crippen LogP contribution in [0.5, 0.6) is 0 Å². The second kappa shape index (κ2) is 8.70. The number of ether oxygens (including phenoxy) is 1. The normalized spacial score (nSPS) is 12.8. The van der Waals surface area contributed by atoms with Gasteiger partial charge in [-0.2, -0.15) is 0 Å². The highest BCUT2D eigenvalue weighted by Gasteiger charge is 1.98. The smallest absolute Gasteiger partial charge is 0.123 e. The number of hydrogen-bond donors (Lipinski definition) is 1. The number of unbranched alkanes of at least 4 members (excludes halogenated alkanes) is 2. The molecule has 0 radical (unpaired) electrons. The summed E-state index contributed by atoms with van der Waals surface area (Å²) in [7, 11) is 0. The number of rotatable bonds is 8. The molecule has 1 N–H and O–H groups in total. The van der Waals surface area contributed by atoms with Crippen LogP contribution in [0.2, 0.25) is 0 Å². The second-order valence-corrected chi connectivity index (χ2v) is 4.33. The molecule has 2 nitrogen and oxygen atoms in total. The topological polar surface area (TPSA) is 29.5 Å². The Hall–Kier alpha value is -1.35. The summed E-state index contributed by atoms with van der Waals surface area (Å²) < 4.78 is 17.9. The summed E-state index contributed by atoms with van der Waals surface area (Å²) in [6.45, 7) is 2.52. The highest BCUT2D eigenvalue weighted by atomic mass is 19.1. The Morgan fingerprint density at radius 3 is 2.67 bits per heavy atom. The molecule has 0 aliphatic heterocycles. The van der Waals surface area contributed by atoms with Crippen molar-refractivity contribution in [3.8, 4) is 0 Å². The lowest BCUT2D eigenvalue weighted by molar-refractivity contribution is 0.192. The first kappa shape index (κ1) is 14.7. The average molecular weight is 252 g/mol. The Labute approximate surface area is 108 Å². The molecule has 0 amide bonds. The van der Waals surface area contributed by atoms with Crippen molar-refractivity contribution >= 4 is 0 Å². The molecule has 0 fully saturated rings. The van der Waals surface area contributed by atoms with E-state index in [2.05, 4.69) is 6.92 Å². The lowest BCUT2D eigenvalue weighted by Gasteiger charge is -2.05. The van der Waals surface area contributed by atoms with E-state index in [1.54, 1.807) is 18.2 Å². The van der Waals surface area contributed by atoms with E-state index in [0.717, 1.165) is 31.2 Å². The van der Waals surface area contributed by atoms with Crippen molar-refractivity contribution in [1.29, 1.82) is 0 Å². The van der Waals surface area contributed by atoms with Gasteiger partial charge in [-0.05, 0) is 30.2 Å². The monoisotopic (exact) mass is 252 g/mol. The van der Waals surface area contributed by atoms with Gasteiger partial charge < -0.3 is 9.84 Å². The van der Waals surface area contributed by atoms with Gasteiger partial charge in [0.25, 0.3) is 0 Å². The van der Waals surface area contributed by atoms with Crippen molar-refractivity contribution in [1.82, 2.24) is 0 Å². The zero-order chi connectivity index (χ0) is 13.2. The number of benzene rings is 1. The summed E-state index contributed by atoms with van der Waals surface area (Å²) >= 11 is 0. The summed E-state index contributed by atoms with van der Waals surface area (Å²) in [5, 5.41) is 9.59. The fourth-order valence-corrected chi connectivity index (χ4v) is 1.57. The molecule has 1 atom stereocenters. The summed E-state index contributed by atoms with van der Waals surface area (Å²) in [5.41, 5.74) is 0.904. The van der Waals surface area contributed by atoms with Gasteiger partial charge in [0.15, 0.2) is 0 Å². The maximum atomic E-state index is 12.6. The van der Waals surface area contributed by atoms with Crippen LogP contribution in [0.25, 0.3) is 0 Å². The molecule has 0 aliphatic rings. The largest absolute Gasteiger partial charge is 0.497 e. The van der Waals surface area contributed by atoms with E-state index in [1.807, 2.05) is 0 Å². The molecule has 0 spiro atoms. The third kappa shape index (κ3) is 6.40. The predicted molar refractivity (Wildman–Crippen MR) is 70.5 cm³/mol. The number of halogens is 1. The average Bonchev–Trinajstić information content (AvgIpc) is 2.37. The third-order valence-corrected chi connectivity index (χ3v) is 2.66. The molecular formula is C15H21FO2. The fourth-order valence-electron chi connectivity index (χ4n) is 1.57. The number of hydrogen-bond acceptors (Lipinski definition) is 2. The van der Waals surface area contributed by atoms with Gasteiger partial charge in [0.2, 0.25) is 0 Å². The molecule has 1 aromatic rings. The van der Waals surface area contributed by atoms with Crippen LogP contribution in [0.3, 0.4) is 0 Å². The van der Waals surface area contributed by atoms with Crippen molar-refractivity contribution in [2.75, 3.05) is 0 Å². The van der Waals surface area contributed by atoms with Gasteiger partial charge in [-0.25, -0.2) is 4.39 Å². The van der Waals surface area contributed by atoms with Gasteiger partial charge >= 0.3 is 0 Å². The van der Waals surface area contributed by atoms with Gasteiger partial charge in [0, 0.05) is 0 Å². The molecule has 0 saturated carbocycles. The van der Waals surface area contributed by atoms with Gasteiger partial charge in [0.05, 0.1) is 12.4 Å². The first-order chi connectivity index (χ1) is 8.72. The molecule has 0 aliphatic carbocycles. The Morgan fingerprint density at radius 2 is 2.00 bits per heavy atom. The Kier molecular flexibility index (Phi) is 7.11. The standard InChI is InChI=1S/C15H21FO2/c1-2-3-4-5-15(17)10-11-18-12-13-6-8-14(16)9-7-13/h6-11,15,17H,2-5,12H2,1H3/b11-10-. The van der Waals surface area contributed by atoms with Crippen LogP contribution >= 0.6 is 0 Å². The fraction of sp³-hybridized carbons (Fsp3) is 0.467. The molecule has 1 aromatic carbocycles. The minimum absolute atomic E-state index is 0.249. The molecule has 0 saturated heterocycles. The SMILES string of the molecule is CCCCCC(O)/C=C\OCc1ccc(F)cc1. The first-order valence-corrected chi connectivity index (χ1v) is 6.43. The maximum absolute atomic E-state index is 12.6. The number of aliphatic hydroxyl groups excluding tert-OH is 1. The minimum atomic E-state index is -0.440. The Balaban J connectivity index is 2.18. The van der Waals surface area contributed by atoms with Crippen LogP contribution in [-0.4, -0.2) is 11.2 Å². The van der Waals surface area contributed by atoms with Crippen LogP contribution in [-0.2, 0) is 11.3 Å². The van der Waals surface area contributed by atoms with Gasteiger partial charge in [0.1, 0.15) is 12.4 Å². The number of aliphatic hydroxyl groups is 1. The van der Waals surface area contributed by atoms with Gasteiger partial charge in [-0.1, -0.05) is 38.3 Å². The van der Waals surface area contributed by atoms with Gasteiger partial charge in [-0.15, -0.1) is 0 Å². The van der Waals surface area contributed by atoms with E-state index in [4.69, 9.17) is 4.74 Å². The summed E-state index contributed by atoms with van der Waals surface area (Å²) in [4.78, 5) is 0. The second-order valence-electron chi connectivity index (χ2n) is 4.33. The molecule has 0 bridgehead atoms. The quantitative estimate of drug-likeness (QED) is 0.563. The lowest BCUT2D eigenvalue weighted by atomic mass is 10.1. The third-order valence-electron chi connectivity index (χ3n) is 2.66. The predicted octanol–water partition coefficient (Wildman–Crippen LogP) is 3.80.